The SMILES string of the molecule is c1ccc(N2c3ccccc3B3c4c2cc2c5c4-n4c6c3cccc6c3c6oc7ccccc7c6cc(c34)B5c3cccc4c5ccccc5n-2c34)cc1. The molecule has 0 aliphatic carbocycles. The smallest absolute Gasteiger partial charge is 0.252 e. The fourth-order valence-electron chi connectivity index (χ4n) is 11.4. The molecular weight excluding hydrogens is 656 g/mol. The molecule has 4 aliphatic heterocycles. The van der Waals surface area contributed by atoms with Crippen LogP contribution in [0.3, 0.4) is 0 Å². The van der Waals surface area contributed by atoms with E-state index in [-0.39, 0.29) is 13.4 Å². The zero-order valence-corrected chi connectivity index (χ0v) is 28.8. The van der Waals surface area contributed by atoms with E-state index in [1.54, 1.807) is 0 Å². The van der Waals surface area contributed by atoms with Gasteiger partial charge in [0.1, 0.15) is 11.2 Å². The van der Waals surface area contributed by atoms with Crippen molar-refractivity contribution in [2.24, 2.45) is 0 Å². The van der Waals surface area contributed by atoms with Crippen LogP contribution >= 0.6 is 0 Å². The van der Waals surface area contributed by atoms with Gasteiger partial charge in [-0.25, -0.2) is 0 Å². The van der Waals surface area contributed by atoms with Crippen LogP contribution in [0.25, 0.3) is 76.9 Å². The molecule has 3 aromatic heterocycles. The molecule has 0 atom stereocenters. The van der Waals surface area contributed by atoms with Crippen LogP contribution in [0.1, 0.15) is 0 Å². The number of nitrogens with zero attached hydrogens (tertiary/aromatic N) is 3. The van der Waals surface area contributed by atoms with E-state index < -0.39 is 0 Å². The number of hydrogen-bond donors (Lipinski definition) is 0. The lowest BCUT2D eigenvalue weighted by atomic mass is 9.30. The molecule has 7 heterocycles. The lowest BCUT2D eigenvalue weighted by Crippen LogP contribution is -2.66. The Bertz CT molecular complexity index is 3590. The van der Waals surface area contributed by atoms with E-state index in [0.29, 0.717) is 0 Å². The number of benzene rings is 8. The number of hydrogen-bond acceptors (Lipinski definition) is 2. The van der Waals surface area contributed by atoms with Gasteiger partial charge in [0.2, 0.25) is 0 Å². The van der Waals surface area contributed by atoms with Crippen molar-refractivity contribution < 1.29 is 4.42 Å². The molecule has 11 aromatic rings. The molecule has 15 rings (SSSR count). The van der Waals surface area contributed by atoms with Gasteiger partial charge >= 0.3 is 0 Å². The maximum absolute atomic E-state index is 6.91. The Kier molecular flexibility index (Phi) is 4.38. The predicted octanol–water partition coefficient (Wildman–Crippen LogP) is 7.54. The summed E-state index contributed by atoms with van der Waals surface area (Å²) in [6.07, 6.45) is 0. The second kappa shape index (κ2) is 8.82. The van der Waals surface area contributed by atoms with Crippen LogP contribution < -0.4 is 37.7 Å². The van der Waals surface area contributed by atoms with Gasteiger partial charge < -0.3 is 18.5 Å². The summed E-state index contributed by atoms with van der Waals surface area (Å²) in [6.45, 7) is 0.117. The molecule has 54 heavy (non-hydrogen) atoms. The number of furan rings is 1. The summed E-state index contributed by atoms with van der Waals surface area (Å²) in [7, 11) is 0. The Morgan fingerprint density at radius 2 is 1.09 bits per heavy atom. The van der Waals surface area contributed by atoms with Crippen LogP contribution in [0.2, 0.25) is 0 Å². The highest BCUT2D eigenvalue weighted by molar-refractivity contribution is 7.04. The molecule has 0 unspecified atom stereocenters. The Morgan fingerprint density at radius 3 is 1.98 bits per heavy atom. The van der Waals surface area contributed by atoms with E-state index in [1.165, 1.54) is 116 Å². The molecule has 6 heteroatoms. The third-order valence-corrected chi connectivity index (χ3v) is 13.2. The zero-order valence-electron chi connectivity index (χ0n) is 28.8. The average Bonchev–Trinajstić information content (AvgIpc) is 3.89. The van der Waals surface area contributed by atoms with Crippen molar-refractivity contribution in [3.8, 4) is 11.4 Å². The molecule has 0 amide bonds. The van der Waals surface area contributed by atoms with Crippen LogP contribution in [-0.4, -0.2) is 22.6 Å². The van der Waals surface area contributed by atoms with E-state index in [2.05, 4.69) is 166 Å². The number of aromatic nitrogens is 2. The third-order valence-electron chi connectivity index (χ3n) is 13.2. The number of fused-ring (bicyclic) bond motifs is 14. The van der Waals surface area contributed by atoms with Crippen molar-refractivity contribution in [1.82, 2.24) is 9.13 Å². The van der Waals surface area contributed by atoms with Crippen molar-refractivity contribution in [1.29, 1.82) is 0 Å². The largest absolute Gasteiger partial charge is 0.455 e. The van der Waals surface area contributed by atoms with Gasteiger partial charge in [-0.1, -0.05) is 115 Å². The van der Waals surface area contributed by atoms with Gasteiger partial charge in [0, 0.05) is 66.4 Å². The molecule has 244 valence electrons. The van der Waals surface area contributed by atoms with Crippen molar-refractivity contribution >= 4 is 129 Å². The Morgan fingerprint density at radius 1 is 0.426 bits per heavy atom. The molecule has 0 N–H and O–H groups in total. The summed E-state index contributed by atoms with van der Waals surface area (Å²) < 4.78 is 12.2. The van der Waals surface area contributed by atoms with Gasteiger partial charge in [0.15, 0.2) is 0 Å². The summed E-state index contributed by atoms with van der Waals surface area (Å²) >= 11 is 0. The first-order valence-electron chi connectivity index (χ1n) is 18.9. The zero-order chi connectivity index (χ0) is 34.6. The van der Waals surface area contributed by atoms with Crippen LogP contribution in [0.15, 0.2) is 156 Å². The highest BCUT2D eigenvalue weighted by Crippen LogP contribution is 2.47. The highest BCUT2D eigenvalue weighted by Gasteiger charge is 2.49. The topological polar surface area (TPSA) is 26.2 Å². The highest BCUT2D eigenvalue weighted by atomic mass is 16.3. The van der Waals surface area contributed by atoms with Gasteiger partial charge in [-0.05, 0) is 69.2 Å². The van der Waals surface area contributed by atoms with Gasteiger partial charge in [0.25, 0.3) is 13.4 Å². The van der Waals surface area contributed by atoms with Crippen molar-refractivity contribution in [3.63, 3.8) is 0 Å². The van der Waals surface area contributed by atoms with Crippen molar-refractivity contribution in [2.45, 2.75) is 0 Å². The van der Waals surface area contributed by atoms with E-state index in [0.717, 1.165) is 11.2 Å². The van der Waals surface area contributed by atoms with E-state index in [9.17, 15) is 0 Å². The monoisotopic (exact) mass is 681 g/mol. The minimum absolute atomic E-state index is 0.0442. The molecule has 8 aromatic carbocycles. The summed E-state index contributed by atoms with van der Waals surface area (Å²) in [5.41, 5.74) is 21.6. The molecule has 4 aliphatic rings. The van der Waals surface area contributed by atoms with Crippen LogP contribution in [0, 0.1) is 0 Å². The lowest BCUT2D eigenvalue weighted by molar-refractivity contribution is 0.673. The summed E-state index contributed by atoms with van der Waals surface area (Å²) in [5.74, 6) is 0. The molecular formula is C48H25B2N3O. The summed E-state index contributed by atoms with van der Waals surface area (Å²) in [5, 5.41) is 7.46. The number of rotatable bonds is 1. The van der Waals surface area contributed by atoms with Crippen molar-refractivity contribution in [2.75, 3.05) is 4.90 Å². The normalized spacial score (nSPS) is 14.2. The lowest BCUT2D eigenvalue weighted by Gasteiger charge is -2.44. The van der Waals surface area contributed by atoms with Crippen LogP contribution in [-0.2, 0) is 0 Å². The second-order valence-electron chi connectivity index (χ2n) is 15.5. The summed E-state index contributed by atoms with van der Waals surface area (Å²) in [6, 6.07) is 56.6. The first-order valence-corrected chi connectivity index (χ1v) is 18.9. The average molecular weight is 681 g/mol. The van der Waals surface area contributed by atoms with Gasteiger partial charge in [0.05, 0.1) is 16.4 Å². The fraction of sp³-hybridized carbons (Fsp3) is 0. The van der Waals surface area contributed by atoms with E-state index in [1.807, 2.05) is 0 Å². The predicted molar refractivity (Wildman–Crippen MR) is 226 cm³/mol. The molecule has 0 saturated heterocycles. The Labute approximate surface area is 309 Å². The first-order chi connectivity index (χ1) is 26.8. The maximum atomic E-state index is 6.91. The van der Waals surface area contributed by atoms with E-state index >= 15 is 0 Å². The molecule has 0 spiro atoms. The Balaban J connectivity index is 1.25. The standard InChI is InChI=1S/C48H25B2N3O/c1-2-12-26(13-3-1)51-37-22-8-6-18-32(37)49-34-20-11-17-30-41-46-35(24-31-28-15-5-9-23-40(28)54-48(31)41)50-33-19-10-16-29-27-14-4-7-21-36(27)52(44(29)33)39-25-38(51)42(49)47(43(39)50)53(46)45(30)34/h1-25H. The molecule has 0 radical (unpaired) electrons. The van der Waals surface area contributed by atoms with E-state index in [4.69, 9.17) is 4.42 Å². The van der Waals surface area contributed by atoms with Crippen molar-refractivity contribution in [3.05, 3.63) is 152 Å². The van der Waals surface area contributed by atoms with Gasteiger partial charge in [-0.2, -0.15) is 0 Å². The molecule has 0 bridgehead atoms. The summed E-state index contributed by atoms with van der Waals surface area (Å²) in [4.78, 5) is 2.53. The fourth-order valence-corrected chi connectivity index (χ4v) is 11.4. The molecule has 0 fully saturated rings. The first kappa shape index (κ1) is 26.8. The molecule has 0 saturated carbocycles. The number of para-hydroxylation sites is 6. The third kappa shape index (κ3) is 2.76. The van der Waals surface area contributed by atoms with Gasteiger partial charge in [-0.3, -0.25) is 0 Å². The molecule has 4 nitrogen and oxygen atoms in total. The van der Waals surface area contributed by atoms with Crippen LogP contribution in [0.4, 0.5) is 17.1 Å². The quantitative estimate of drug-likeness (QED) is 0.168. The number of anilines is 3. The minimum atomic E-state index is 0.0442. The second-order valence-corrected chi connectivity index (χ2v) is 15.5. The Hall–Kier alpha value is -6.91. The maximum Gasteiger partial charge on any atom is 0.252 e. The van der Waals surface area contributed by atoms with Crippen LogP contribution in [0.5, 0.6) is 0 Å². The minimum Gasteiger partial charge on any atom is -0.455 e. The van der Waals surface area contributed by atoms with Gasteiger partial charge in [-0.15, -0.1) is 0 Å².